The van der Waals surface area contributed by atoms with E-state index in [1.54, 1.807) is 11.3 Å². The van der Waals surface area contributed by atoms with Crippen LogP contribution in [0.5, 0.6) is 0 Å². The second-order valence-electron chi connectivity index (χ2n) is 8.13. The highest BCUT2D eigenvalue weighted by Gasteiger charge is 2.43. The van der Waals surface area contributed by atoms with Crippen LogP contribution in [0.25, 0.3) is 0 Å². The number of thiazole rings is 1. The van der Waals surface area contributed by atoms with Crippen LogP contribution in [0.3, 0.4) is 0 Å². The number of aromatic nitrogens is 1. The fourth-order valence-corrected chi connectivity index (χ4v) is 4.61. The molecule has 4 nitrogen and oxygen atoms in total. The molecule has 1 aromatic heterocycles. The monoisotopic (exact) mass is 334 g/mol. The molecule has 5 heteroatoms. The molecule has 1 saturated heterocycles. The number of aliphatic imine (C=N–C) groups is 1. The van der Waals surface area contributed by atoms with E-state index in [-0.39, 0.29) is 5.41 Å². The summed E-state index contributed by atoms with van der Waals surface area (Å²) in [6.07, 6.45) is 6.55. The molecule has 128 valence electrons. The smallest absolute Gasteiger partial charge is 0.193 e. The molecular weight excluding hydrogens is 304 g/mol. The van der Waals surface area contributed by atoms with Crippen LogP contribution < -0.4 is 5.32 Å². The quantitative estimate of drug-likeness (QED) is 0.680. The molecule has 0 radical (unpaired) electrons. The first-order valence-electron chi connectivity index (χ1n) is 8.82. The first kappa shape index (κ1) is 16.7. The van der Waals surface area contributed by atoms with Crippen molar-refractivity contribution >= 4 is 17.3 Å². The maximum absolute atomic E-state index is 4.77. The molecule has 2 aliphatic rings. The maximum Gasteiger partial charge on any atom is 0.193 e. The molecule has 0 unspecified atom stereocenters. The Morgan fingerprint density at radius 3 is 2.70 bits per heavy atom. The Morgan fingerprint density at radius 2 is 2.17 bits per heavy atom. The topological polar surface area (TPSA) is 40.5 Å². The molecule has 2 heterocycles. The van der Waals surface area contributed by atoms with Gasteiger partial charge in [0.2, 0.25) is 0 Å². The van der Waals surface area contributed by atoms with Gasteiger partial charge in [0.25, 0.3) is 0 Å². The van der Waals surface area contributed by atoms with Gasteiger partial charge in [-0.3, -0.25) is 4.99 Å². The minimum Gasteiger partial charge on any atom is -0.356 e. The van der Waals surface area contributed by atoms with E-state index in [9.17, 15) is 0 Å². The molecule has 1 spiro atoms. The number of nitrogens with zero attached hydrogens (tertiary/aromatic N) is 3. The van der Waals surface area contributed by atoms with E-state index in [1.165, 1.54) is 42.9 Å². The van der Waals surface area contributed by atoms with Crippen LogP contribution in [-0.2, 0) is 11.8 Å². The summed E-state index contributed by atoms with van der Waals surface area (Å²) in [5, 5.41) is 6.95. The van der Waals surface area contributed by atoms with Crippen LogP contribution in [-0.4, -0.2) is 42.5 Å². The number of guanidine groups is 1. The average molecular weight is 335 g/mol. The lowest BCUT2D eigenvalue weighted by molar-refractivity contribution is 0.151. The molecule has 0 atom stereocenters. The fourth-order valence-electron chi connectivity index (χ4n) is 3.58. The Labute approximate surface area is 144 Å². The standard InChI is InChI=1S/C18H30N4S/c1-17(2,3)14-12-23-15(21-14)6-10-20-16(19-4)22-11-9-18(13-22)7-5-8-18/h12H,5-11,13H2,1-4H3,(H,19,20). The lowest BCUT2D eigenvalue weighted by Gasteiger charge is -2.38. The van der Waals surface area contributed by atoms with Gasteiger partial charge in [-0.15, -0.1) is 11.3 Å². The highest BCUT2D eigenvalue weighted by atomic mass is 32.1. The molecule has 0 aromatic carbocycles. The van der Waals surface area contributed by atoms with Gasteiger partial charge in [-0.25, -0.2) is 4.98 Å². The number of likely N-dealkylation sites (tertiary alicyclic amines) is 1. The van der Waals surface area contributed by atoms with Crippen molar-refractivity contribution in [2.24, 2.45) is 10.4 Å². The fraction of sp³-hybridized carbons (Fsp3) is 0.778. The summed E-state index contributed by atoms with van der Waals surface area (Å²) >= 11 is 1.78. The van der Waals surface area contributed by atoms with Gasteiger partial charge >= 0.3 is 0 Å². The summed E-state index contributed by atoms with van der Waals surface area (Å²) in [6, 6.07) is 0. The lowest BCUT2D eigenvalue weighted by atomic mass is 9.68. The van der Waals surface area contributed by atoms with E-state index in [4.69, 9.17) is 4.98 Å². The lowest BCUT2D eigenvalue weighted by Crippen LogP contribution is -2.43. The second kappa shape index (κ2) is 6.42. The van der Waals surface area contributed by atoms with Crippen molar-refractivity contribution in [3.8, 4) is 0 Å². The van der Waals surface area contributed by atoms with E-state index >= 15 is 0 Å². The van der Waals surface area contributed by atoms with E-state index in [2.05, 4.69) is 41.4 Å². The highest BCUT2D eigenvalue weighted by Crippen LogP contribution is 2.47. The molecule has 1 N–H and O–H groups in total. The summed E-state index contributed by atoms with van der Waals surface area (Å²) in [5.74, 6) is 1.07. The summed E-state index contributed by atoms with van der Waals surface area (Å²) in [6.45, 7) is 9.91. The minimum atomic E-state index is 0.144. The molecule has 1 aliphatic heterocycles. The molecular formula is C18H30N4S. The van der Waals surface area contributed by atoms with E-state index in [0.717, 1.165) is 25.5 Å². The molecule has 23 heavy (non-hydrogen) atoms. The van der Waals surface area contributed by atoms with Crippen molar-refractivity contribution in [2.75, 3.05) is 26.7 Å². The van der Waals surface area contributed by atoms with Crippen molar-refractivity contribution in [2.45, 2.75) is 58.3 Å². The van der Waals surface area contributed by atoms with Gasteiger partial charge in [-0.05, 0) is 24.7 Å². The molecule has 1 saturated carbocycles. The van der Waals surface area contributed by atoms with Gasteiger partial charge in [0, 0.05) is 43.9 Å². The maximum atomic E-state index is 4.77. The van der Waals surface area contributed by atoms with Crippen LogP contribution in [0, 0.1) is 5.41 Å². The Morgan fingerprint density at radius 1 is 1.39 bits per heavy atom. The number of hydrogen-bond donors (Lipinski definition) is 1. The summed E-state index contributed by atoms with van der Waals surface area (Å²) in [7, 11) is 1.90. The number of hydrogen-bond acceptors (Lipinski definition) is 3. The number of rotatable bonds is 3. The Kier molecular flexibility index (Phi) is 4.68. The zero-order valence-electron chi connectivity index (χ0n) is 15.0. The zero-order chi connectivity index (χ0) is 16.5. The summed E-state index contributed by atoms with van der Waals surface area (Å²) < 4.78 is 0. The van der Waals surface area contributed by atoms with Crippen molar-refractivity contribution in [3.05, 3.63) is 16.1 Å². The SMILES string of the molecule is CN=C(NCCc1nc(C(C)(C)C)cs1)N1CCC2(CCC2)C1. The van der Waals surface area contributed by atoms with Crippen LogP contribution in [0.2, 0.25) is 0 Å². The van der Waals surface area contributed by atoms with Crippen LogP contribution in [0.1, 0.15) is 57.2 Å². The highest BCUT2D eigenvalue weighted by molar-refractivity contribution is 7.09. The summed E-state index contributed by atoms with van der Waals surface area (Å²) in [5.41, 5.74) is 1.97. The number of nitrogens with one attached hydrogen (secondary N) is 1. The van der Waals surface area contributed by atoms with Gasteiger partial charge < -0.3 is 10.2 Å². The first-order valence-corrected chi connectivity index (χ1v) is 9.70. The van der Waals surface area contributed by atoms with Crippen molar-refractivity contribution in [1.29, 1.82) is 0 Å². The third kappa shape index (κ3) is 3.70. The predicted octanol–water partition coefficient (Wildman–Crippen LogP) is 3.43. The Balaban J connectivity index is 1.48. The Hall–Kier alpha value is -1.10. The largest absolute Gasteiger partial charge is 0.356 e. The van der Waals surface area contributed by atoms with E-state index in [1.807, 2.05) is 7.05 Å². The van der Waals surface area contributed by atoms with Gasteiger partial charge in [0.05, 0.1) is 10.7 Å². The molecule has 0 bridgehead atoms. The van der Waals surface area contributed by atoms with Gasteiger partial charge in [-0.1, -0.05) is 27.2 Å². The molecule has 2 fully saturated rings. The third-order valence-corrected chi connectivity index (χ3v) is 6.21. The van der Waals surface area contributed by atoms with Gasteiger partial charge in [-0.2, -0.15) is 0 Å². The van der Waals surface area contributed by atoms with Crippen LogP contribution in [0.15, 0.2) is 10.4 Å². The average Bonchev–Trinajstić information content (AvgIpc) is 3.09. The molecule has 3 rings (SSSR count). The normalized spacial score (nSPS) is 20.9. The van der Waals surface area contributed by atoms with Crippen LogP contribution in [0.4, 0.5) is 0 Å². The second-order valence-corrected chi connectivity index (χ2v) is 9.07. The van der Waals surface area contributed by atoms with E-state index in [0.29, 0.717) is 5.41 Å². The minimum absolute atomic E-state index is 0.144. The van der Waals surface area contributed by atoms with Crippen molar-refractivity contribution < 1.29 is 0 Å². The van der Waals surface area contributed by atoms with Gasteiger partial charge in [0.1, 0.15) is 0 Å². The molecule has 1 aliphatic carbocycles. The third-order valence-electron chi connectivity index (χ3n) is 5.31. The Bertz CT molecular complexity index is 566. The zero-order valence-corrected chi connectivity index (χ0v) is 15.8. The van der Waals surface area contributed by atoms with E-state index < -0.39 is 0 Å². The molecule has 0 amide bonds. The predicted molar refractivity (Wildman–Crippen MR) is 98.4 cm³/mol. The van der Waals surface area contributed by atoms with Crippen molar-refractivity contribution in [1.82, 2.24) is 15.2 Å². The molecule has 1 aromatic rings. The van der Waals surface area contributed by atoms with Crippen molar-refractivity contribution in [3.63, 3.8) is 0 Å². The van der Waals surface area contributed by atoms with Crippen LogP contribution >= 0.6 is 11.3 Å². The van der Waals surface area contributed by atoms with Gasteiger partial charge in [0.15, 0.2) is 5.96 Å². The summed E-state index contributed by atoms with van der Waals surface area (Å²) in [4.78, 5) is 11.7. The first-order chi connectivity index (χ1) is 10.9.